The lowest BCUT2D eigenvalue weighted by molar-refractivity contribution is 0.0599. The van der Waals surface area contributed by atoms with E-state index < -0.39 is 0 Å². The SMILES string of the molecule is COC(=O)c1cc(Br)cc2c1CCN2C(C)C. The molecule has 0 radical (unpaired) electrons. The topological polar surface area (TPSA) is 29.5 Å². The molecule has 0 atom stereocenters. The van der Waals surface area contributed by atoms with Crippen molar-refractivity contribution in [3.63, 3.8) is 0 Å². The summed E-state index contributed by atoms with van der Waals surface area (Å²) in [4.78, 5) is 14.1. The number of fused-ring (bicyclic) bond motifs is 1. The summed E-state index contributed by atoms with van der Waals surface area (Å²) in [5, 5.41) is 0. The Balaban J connectivity index is 2.52. The van der Waals surface area contributed by atoms with E-state index in [9.17, 15) is 4.79 Å². The van der Waals surface area contributed by atoms with Crippen LogP contribution >= 0.6 is 15.9 Å². The first-order valence-corrected chi connectivity index (χ1v) is 6.51. The zero-order valence-electron chi connectivity index (χ0n) is 10.3. The van der Waals surface area contributed by atoms with Crippen molar-refractivity contribution < 1.29 is 9.53 Å². The number of carbonyl (C=O) groups is 1. The van der Waals surface area contributed by atoms with Crippen LogP contribution in [0.3, 0.4) is 0 Å². The summed E-state index contributed by atoms with van der Waals surface area (Å²) < 4.78 is 5.75. The molecule has 0 aliphatic carbocycles. The molecule has 1 aliphatic heterocycles. The van der Waals surface area contributed by atoms with Gasteiger partial charge in [0.15, 0.2) is 0 Å². The van der Waals surface area contributed by atoms with Crippen LogP contribution in [0.5, 0.6) is 0 Å². The smallest absolute Gasteiger partial charge is 0.338 e. The van der Waals surface area contributed by atoms with Crippen LogP contribution in [0, 0.1) is 0 Å². The Hall–Kier alpha value is -1.03. The molecule has 4 heteroatoms. The molecular weight excluding hydrogens is 282 g/mol. The number of anilines is 1. The van der Waals surface area contributed by atoms with Crippen molar-refractivity contribution in [2.45, 2.75) is 26.3 Å². The van der Waals surface area contributed by atoms with Crippen molar-refractivity contribution in [3.8, 4) is 0 Å². The Morgan fingerprint density at radius 1 is 1.47 bits per heavy atom. The number of carbonyl (C=O) groups excluding carboxylic acids is 1. The highest BCUT2D eigenvalue weighted by atomic mass is 79.9. The Bertz CT molecular complexity index is 457. The molecule has 1 aromatic carbocycles. The van der Waals surface area contributed by atoms with Crippen LogP contribution in [0.25, 0.3) is 0 Å². The zero-order valence-corrected chi connectivity index (χ0v) is 11.9. The molecule has 3 nitrogen and oxygen atoms in total. The Labute approximate surface area is 110 Å². The van der Waals surface area contributed by atoms with Gasteiger partial charge in [-0.15, -0.1) is 0 Å². The van der Waals surface area contributed by atoms with Crippen LogP contribution in [-0.4, -0.2) is 25.7 Å². The summed E-state index contributed by atoms with van der Waals surface area (Å²) >= 11 is 3.46. The van der Waals surface area contributed by atoms with Crippen molar-refractivity contribution in [2.75, 3.05) is 18.6 Å². The average molecular weight is 298 g/mol. The summed E-state index contributed by atoms with van der Waals surface area (Å²) in [5.41, 5.74) is 2.93. The van der Waals surface area contributed by atoms with E-state index in [0.717, 1.165) is 28.7 Å². The maximum absolute atomic E-state index is 11.7. The van der Waals surface area contributed by atoms with Gasteiger partial charge in [-0.1, -0.05) is 15.9 Å². The third-order valence-corrected chi connectivity index (χ3v) is 3.59. The van der Waals surface area contributed by atoms with Gasteiger partial charge >= 0.3 is 5.97 Å². The van der Waals surface area contributed by atoms with Crippen molar-refractivity contribution in [1.29, 1.82) is 0 Å². The number of halogens is 1. The van der Waals surface area contributed by atoms with Gasteiger partial charge in [-0.3, -0.25) is 0 Å². The maximum atomic E-state index is 11.7. The minimum atomic E-state index is -0.256. The summed E-state index contributed by atoms with van der Waals surface area (Å²) in [6.45, 7) is 5.29. The monoisotopic (exact) mass is 297 g/mol. The third kappa shape index (κ3) is 2.18. The number of esters is 1. The second-order valence-corrected chi connectivity index (χ2v) is 5.40. The first-order valence-electron chi connectivity index (χ1n) is 5.72. The predicted molar refractivity (Wildman–Crippen MR) is 71.7 cm³/mol. The lowest BCUT2D eigenvalue weighted by atomic mass is 10.1. The van der Waals surface area contributed by atoms with E-state index in [0.29, 0.717) is 11.6 Å². The molecule has 0 bridgehead atoms. The molecule has 0 unspecified atom stereocenters. The zero-order chi connectivity index (χ0) is 12.6. The molecule has 2 rings (SSSR count). The maximum Gasteiger partial charge on any atom is 0.338 e. The van der Waals surface area contributed by atoms with Gasteiger partial charge in [-0.2, -0.15) is 0 Å². The van der Waals surface area contributed by atoms with Crippen LogP contribution < -0.4 is 4.90 Å². The van der Waals surface area contributed by atoms with Crippen molar-refractivity contribution in [3.05, 3.63) is 27.7 Å². The number of ether oxygens (including phenoxy) is 1. The van der Waals surface area contributed by atoms with E-state index in [1.807, 2.05) is 6.07 Å². The van der Waals surface area contributed by atoms with E-state index >= 15 is 0 Å². The van der Waals surface area contributed by atoms with Crippen LogP contribution in [0.1, 0.15) is 29.8 Å². The molecule has 0 aromatic heterocycles. The predicted octanol–water partition coefficient (Wildman–Crippen LogP) is 3.01. The standard InChI is InChI=1S/C13H16BrNO2/c1-8(2)15-5-4-10-11(13(16)17-3)6-9(14)7-12(10)15/h6-8H,4-5H2,1-3H3. The van der Waals surface area contributed by atoms with Gasteiger partial charge in [0.2, 0.25) is 0 Å². The van der Waals surface area contributed by atoms with Crippen LogP contribution in [0.15, 0.2) is 16.6 Å². The van der Waals surface area contributed by atoms with E-state index in [2.05, 4.69) is 40.7 Å². The van der Waals surface area contributed by atoms with Gasteiger partial charge in [0.25, 0.3) is 0 Å². The summed E-state index contributed by atoms with van der Waals surface area (Å²) in [6, 6.07) is 4.36. The molecule has 92 valence electrons. The minimum Gasteiger partial charge on any atom is -0.465 e. The minimum absolute atomic E-state index is 0.256. The third-order valence-electron chi connectivity index (χ3n) is 3.13. The number of hydrogen-bond donors (Lipinski definition) is 0. The van der Waals surface area contributed by atoms with Gasteiger partial charge < -0.3 is 9.64 Å². The molecule has 0 saturated carbocycles. The molecule has 17 heavy (non-hydrogen) atoms. The number of rotatable bonds is 2. The lowest BCUT2D eigenvalue weighted by Crippen LogP contribution is -2.28. The molecule has 0 spiro atoms. The van der Waals surface area contributed by atoms with Crippen LogP contribution in [0.2, 0.25) is 0 Å². The van der Waals surface area contributed by atoms with Crippen molar-refractivity contribution in [1.82, 2.24) is 0 Å². The highest BCUT2D eigenvalue weighted by Crippen LogP contribution is 2.35. The lowest BCUT2D eigenvalue weighted by Gasteiger charge is -2.24. The normalized spacial score (nSPS) is 14.1. The fraction of sp³-hybridized carbons (Fsp3) is 0.462. The first-order chi connectivity index (χ1) is 8.04. The Morgan fingerprint density at radius 3 is 2.76 bits per heavy atom. The second-order valence-electron chi connectivity index (χ2n) is 4.48. The molecule has 1 aromatic rings. The summed E-state index contributed by atoms with van der Waals surface area (Å²) in [5.74, 6) is -0.256. The number of nitrogens with zero attached hydrogens (tertiary/aromatic N) is 1. The summed E-state index contributed by atoms with van der Waals surface area (Å²) in [6.07, 6.45) is 0.908. The fourth-order valence-corrected chi connectivity index (χ4v) is 2.77. The van der Waals surface area contributed by atoms with Gasteiger partial charge in [0.1, 0.15) is 0 Å². The molecule has 1 heterocycles. The highest BCUT2D eigenvalue weighted by molar-refractivity contribution is 9.10. The van der Waals surface area contributed by atoms with Crippen molar-refractivity contribution >= 4 is 27.6 Å². The van der Waals surface area contributed by atoms with E-state index in [1.165, 1.54) is 7.11 Å². The van der Waals surface area contributed by atoms with Crippen LogP contribution in [0.4, 0.5) is 5.69 Å². The van der Waals surface area contributed by atoms with E-state index in [4.69, 9.17) is 4.74 Å². The van der Waals surface area contributed by atoms with Gasteiger partial charge in [0, 0.05) is 22.7 Å². The fourth-order valence-electron chi connectivity index (χ4n) is 2.32. The molecule has 0 amide bonds. The highest BCUT2D eigenvalue weighted by Gasteiger charge is 2.26. The van der Waals surface area contributed by atoms with Gasteiger partial charge in [0.05, 0.1) is 12.7 Å². The van der Waals surface area contributed by atoms with Crippen molar-refractivity contribution in [2.24, 2.45) is 0 Å². The van der Waals surface area contributed by atoms with E-state index in [1.54, 1.807) is 0 Å². The molecular formula is C13H16BrNO2. The van der Waals surface area contributed by atoms with Gasteiger partial charge in [-0.05, 0) is 38.0 Å². The quantitative estimate of drug-likeness (QED) is 0.786. The number of benzene rings is 1. The second kappa shape index (κ2) is 4.69. The van der Waals surface area contributed by atoms with Crippen LogP contribution in [-0.2, 0) is 11.2 Å². The molecule has 1 aliphatic rings. The summed E-state index contributed by atoms with van der Waals surface area (Å²) in [7, 11) is 1.42. The number of methoxy groups -OCH3 is 1. The molecule has 0 N–H and O–H groups in total. The molecule has 0 fully saturated rings. The van der Waals surface area contributed by atoms with Gasteiger partial charge in [-0.25, -0.2) is 4.79 Å². The first kappa shape index (κ1) is 12.4. The molecule has 0 saturated heterocycles. The number of hydrogen-bond acceptors (Lipinski definition) is 3. The average Bonchev–Trinajstić information content (AvgIpc) is 2.70. The largest absolute Gasteiger partial charge is 0.465 e. The Morgan fingerprint density at radius 2 is 2.18 bits per heavy atom. The Kier molecular flexibility index (Phi) is 3.43. The van der Waals surface area contributed by atoms with E-state index in [-0.39, 0.29) is 5.97 Å².